The lowest BCUT2D eigenvalue weighted by Crippen LogP contribution is -2.48. The van der Waals surface area contributed by atoms with Gasteiger partial charge in [-0.3, -0.25) is 0 Å². The summed E-state index contributed by atoms with van der Waals surface area (Å²) in [5.41, 5.74) is 0. The molecule has 1 aliphatic rings. The number of halogens is 1. The van der Waals surface area contributed by atoms with Crippen molar-refractivity contribution in [1.82, 2.24) is 9.03 Å². The molecule has 0 saturated carbocycles. The van der Waals surface area contributed by atoms with Gasteiger partial charge in [0.25, 0.3) is 10.2 Å². The number of nitrogens with zero attached hydrogens (tertiary/aromatic N) is 1. The molecule has 0 spiro atoms. The zero-order valence-corrected chi connectivity index (χ0v) is 12.2. The van der Waals surface area contributed by atoms with E-state index in [1.807, 2.05) is 0 Å². The van der Waals surface area contributed by atoms with Crippen LogP contribution in [0.5, 0.6) is 0 Å². The highest BCUT2D eigenvalue weighted by atomic mass is 35.5. The summed E-state index contributed by atoms with van der Waals surface area (Å²) in [5.74, 6) is 0.758. The highest BCUT2D eigenvalue weighted by molar-refractivity contribution is 7.87. The second-order valence-corrected chi connectivity index (χ2v) is 7.07. The van der Waals surface area contributed by atoms with Crippen molar-refractivity contribution in [2.45, 2.75) is 45.6 Å². The van der Waals surface area contributed by atoms with Gasteiger partial charge in [-0.15, -0.1) is 11.6 Å². The lowest BCUT2D eigenvalue weighted by atomic mass is 10.1. The maximum atomic E-state index is 12.1. The Balaban J connectivity index is 2.56. The maximum absolute atomic E-state index is 12.1. The van der Waals surface area contributed by atoms with Crippen molar-refractivity contribution >= 4 is 21.8 Å². The lowest BCUT2D eigenvalue weighted by molar-refractivity contribution is 0.336. The molecule has 1 atom stereocenters. The normalized spacial score (nSPS) is 20.7. The molecular formula is C11H23ClN2O2S. The van der Waals surface area contributed by atoms with Crippen molar-refractivity contribution in [3.05, 3.63) is 0 Å². The Kier molecular flexibility index (Phi) is 6.20. The monoisotopic (exact) mass is 282 g/mol. The largest absolute Gasteiger partial charge is 0.279 e. The molecule has 17 heavy (non-hydrogen) atoms. The fourth-order valence-corrected chi connectivity index (χ4v) is 3.89. The van der Waals surface area contributed by atoms with Crippen LogP contribution < -0.4 is 4.72 Å². The van der Waals surface area contributed by atoms with Crippen LogP contribution in [0.15, 0.2) is 0 Å². The Labute approximate surface area is 110 Å². The molecule has 0 aliphatic carbocycles. The first-order valence-corrected chi connectivity index (χ1v) is 8.26. The molecule has 102 valence electrons. The number of hydrogen-bond donors (Lipinski definition) is 1. The Morgan fingerprint density at radius 1 is 1.24 bits per heavy atom. The number of nitrogens with one attached hydrogen (secondary N) is 1. The van der Waals surface area contributed by atoms with Gasteiger partial charge >= 0.3 is 0 Å². The third-order valence-electron chi connectivity index (χ3n) is 2.91. The van der Waals surface area contributed by atoms with Crippen molar-refractivity contribution in [2.75, 3.05) is 19.0 Å². The van der Waals surface area contributed by atoms with E-state index in [9.17, 15) is 8.42 Å². The van der Waals surface area contributed by atoms with Gasteiger partial charge in [0.15, 0.2) is 0 Å². The van der Waals surface area contributed by atoms with Crippen molar-refractivity contribution in [2.24, 2.45) is 5.92 Å². The zero-order valence-electron chi connectivity index (χ0n) is 10.7. The van der Waals surface area contributed by atoms with Crippen LogP contribution in [0.1, 0.15) is 39.5 Å². The highest BCUT2D eigenvalue weighted by Gasteiger charge is 2.26. The van der Waals surface area contributed by atoms with Crippen molar-refractivity contribution in [3.63, 3.8) is 0 Å². The van der Waals surface area contributed by atoms with Gasteiger partial charge in [-0.05, 0) is 25.2 Å². The van der Waals surface area contributed by atoms with Crippen LogP contribution >= 0.6 is 11.6 Å². The van der Waals surface area contributed by atoms with E-state index < -0.39 is 10.2 Å². The van der Waals surface area contributed by atoms with Crippen molar-refractivity contribution in [1.29, 1.82) is 0 Å². The van der Waals surface area contributed by atoms with E-state index in [1.165, 1.54) is 4.31 Å². The number of piperidine rings is 1. The minimum absolute atomic E-state index is 0.163. The molecular weight excluding hydrogens is 260 g/mol. The Hall–Kier alpha value is 0.160. The number of rotatable bonds is 6. The van der Waals surface area contributed by atoms with E-state index in [0.29, 0.717) is 24.9 Å². The van der Waals surface area contributed by atoms with Gasteiger partial charge in [-0.1, -0.05) is 20.3 Å². The molecule has 0 bridgehead atoms. The standard InChI is InChI=1S/C11H23ClN2O2S/c1-10(2)8-11(9-12)13-17(15,16)14-6-4-3-5-7-14/h10-11,13H,3-9H2,1-2H3. The molecule has 0 aromatic heterocycles. The van der Waals surface area contributed by atoms with Crippen LogP contribution in [-0.2, 0) is 10.2 Å². The second-order valence-electron chi connectivity index (χ2n) is 5.06. The van der Waals surface area contributed by atoms with Crippen molar-refractivity contribution in [3.8, 4) is 0 Å². The first-order chi connectivity index (χ1) is 7.95. The summed E-state index contributed by atoms with van der Waals surface area (Å²) in [6, 6.07) is -0.163. The highest BCUT2D eigenvalue weighted by Crippen LogP contribution is 2.14. The molecule has 1 saturated heterocycles. The summed E-state index contributed by atoms with van der Waals surface area (Å²) in [7, 11) is -3.34. The molecule has 1 fully saturated rings. The minimum Gasteiger partial charge on any atom is -0.198 e. The predicted octanol–water partition coefficient (Wildman–Crippen LogP) is 1.96. The van der Waals surface area contributed by atoms with E-state index in [-0.39, 0.29) is 6.04 Å². The quantitative estimate of drug-likeness (QED) is 0.757. The zero-order chi connectivity index (χ0) is 12.9. The fourth-order valence-electron chi connectivity index (χ4n) is 2.10. The molecule has 4 nitrogen and oxygen atoms in total. The average molecular weight is 283 g/mol. The summed E-state index contributed by atoms with van der Waals surface area (Å²) < 4.78 is 28.4. The SMILES string of the molecule is CC(C)CC(CCl)NS(=O)(=O)N1CCCCC1. The Morgan fingerprint density at radius 3 is 2.29 bits per heavy atom. The van der Waals surface area contributed by atoms with Crippen LogP contribution in [0.3, 0.4) is 0 Å². The Bertz CT molecular complexity index is 313. The number of alkyl halides is 1. The third-order valence-corrected chi connectivity index (χ3v) is 4.96. The summed E-state index contributed by atoms with van der Waals surface area (Å²) in [4.78, 5) is 0. The van der Waals surface area contributed by atoms with Gasteiger partial charge in [0.05, 0.1) is 0 Å². The minimum atomic E-state index is -3.34. The lowest BCUT2D eigenvalue weighted by Gasteiger charge is -2.28. The van der Waals surface area contributed by atoms with E-state index in [4.69, 9.17) is 11.6 Å². The van der Waals surface area contributed by atoms with Gasteiger partial charge in [-0.25, -0.2) is 0 Å². The Morgan fingerprint density at radius 2 is 1.82 bits per heavy atom. The van der Waals surface area contributed by atoms with Gasteiger partial charge in [-0.2, -0.15) is 17.4 Å². The summed E-state index contributed by atoms with van der Waals surface area (Å²) in [6.07, 6.45) is 3.81. The fraction of sp³-hybridized carbons (Fsp3) is 1.00. The smallest absolute Gasteiger partial charge is 0.198 e. The van der Waals surface area contributed by atoms with Crippen molar-refractivity contribution < 1.29 is 8.42 Å². The van der Waals surface area contributed by atoms with Crippen LogP contribution in [0.2, 0.25) is 0 Å². The van der Waals surface area contributed by atoms with Crippen LogP contribution in [0.4, 0.5) is 0 Å². The first-order valence-electron chi connectivity index (χ1n) is 6.29. The first kappa shape index (κ1) is 15.2. The summed E-state index contributed by atoms with van der Waals surface area (Å²) >= 11 is 5.81. The molecule has 1 unspecified atom stereocenters. The molecule has 6 heteroatoms. The third kappa shape index (κ3) is 5.12. The van der Waals surface area contributed by atoms with Gasteiger partial charge in [0.2, 0.25) is 0 Å². The molecule has 1 aliphatic heterocycles. The van der Waals surface area contributed by atoms with E-state index in [1.54, 1.807) is 0 Å². The molecule has 0 aromatic carbocycles. The van der Waals surface area contributed by atoms with Crippen LogP contribution in [0, 0.1) is 5.92 Å². The summed E-state index contributed by atoms with van der Waals surface area (Å²) in [5, 5.41) is 0. The van der Waals surface area contributed by atoms with E-state index in [0.717, 1.165) is 25.7 Å². The number of hydrogen-bond acceptors (Lipinski definition) is 2. The molecule has 0 aromatic rings. The van der Waals surface area contributed by atoms with Crippen LogP contribution in [0.25, 0.3) is 0 Å². The topological polar surface area (TPSA) is 49.4 Å². The van der Waals surface area contributed by atoms with E-state index >= 15 is 0 Å². The average Bonchev–Trinajstić information content (AvgIpc) is 2.28. The predicted molar refractivity (Wildman–Crippen MR) is 71.4 cm³/mol. The molecule has 0 amide bonds. The van der Waals surface area contributed by atoms with Gasteiger partial charge < -0.3 is 0 Å². The van der Waals surface area contributed by atoms with Gasteiger partial charge in [0, 0.05) is 25.0 Å². The molecule has 1 heterocycles. The second kappa shape index (κ2) is 6.92. The maximum Gasteiger partial charge on any atom is 0.279 e. The molecule has 1 rings (SSSR count). The molecule has 1 N–H and O–H groups in total. The molecule has 0 radical (unpaired) electrons. The summed E-state index contributed by atoms with van der Waals surface area (Å²) in [6.45, 7) is 5.39. The van der Waals surface area contributed by atoms with Gasteiger partial charge in [0.1, 0.15) is 0 Å². The van der Waals surface area contributed by atoms with E-state index in [2.05, 4.69) is 18.6 Å². The van der Waals surface area contributed by atoms with Crippen LogP contribution in [-0.4, -0.2) is 37.7 Å².